The molecule has 0 aromatic carbocycles. The van der Waals surface area contributed by atoms with Gasteiger partial charge < -0.3 is 5.32 Å². The highest BCUT2D eigenvalue weighted by molar-refractivity contribution is 7.13. The molecule has 2 bridgehead atoms. The molecule has 4 heteroatoms. The van der Waals surface area contributed by atoms with Gasteiger partial charge in [-0.3, -0.25) is 4.90 Å². The molecule has 5 heterocycles. The number of fused-ring (bicyclic) bond motifs is 3. The Bertz CT molecular complexity index is 583. The summed E-state index contributed by atoms with van der Waals surface area (Å²) in [6, 6.07) is 9.70. The Kier molecular flexibility index (Phi) is 3.43. The van der Waals surface area contributed by atoms with Crippen molar-refractivity contribution >= 4 is 17.2 Å². The number of nitrogens with zero attached hydrogens (tertiary/aromatic N) is 2. The smallest absolute Gasteiger partial charge is 0.126 e. The SMILES string of the molecule is C[C@@H]1[C@@H](Nc2ccc(-c3cccs3)cn2)C2CCN1CC2. The van der Waals surface area contributed by atoms with Crippen molar-refractivity contribution in [3.8, 4) is 10.4 Å². The Morgan fingerprint density at radius 1 is 1.24 bits per heavy atom. The van der Waals surface area contributed by atoms with Crippen molar-refractivity contribution in [1.82, 2.24) is 9.88 Å². The number of anilines is 1. The van der Waals surface area contributed by atoms with Gasteiger partial charge in [-0.05, 0) is 62.4 Å². The summed E-state index contributed by atoms with van der Waals surface area (Å²) in [5, 5.41) is 5.79. The molecule has 3 saturated heterocycles. The van der Waals surface area contributed by atoms with Gasteiger partial charge in [-0.25, -0.2) is 4.98 Å². The van der Waals surface area contributed by atoms with Crippen molar-refractivity contribution in [2.75, 3.05) is 18.4 Å². The van der Waals surface area contributed by atoms with E-state index in [4.69, 9.17) is 0 Å². The fourth-order valence-corrected chi connectivity index (χ4v) is 4.50. The molecule has 1 N–H and O–H groups in total. The molecular formula is C17H21N3S. The summed E-state index contributed by atoms with van der Waals surface area (Å²) in [6.07, 6.45) is 4.64. The van der Waals surface area contributed by atoms with E-state index in [-0.39, 0.29) is 0 Å². The molecule has 110 valence electrons. The Hall–Kier alpha value is -1.39. The van der Waals surface area contributed by atoms with Gasteiger partial charge in [0.25, 0.3) is 0 Å². The summed E-state index contributed by atoms with van der Waals surface area (Å²) in [5.41, 5.74) is 1.21. The highest BCUT2D eigenvalue weighted by Crippen LogP contribution is 2.34. The average Bonchev–Trinajstić information content (AvgIpc) is 3.06. The first-order chi connectivity index (χ1) is 10.3. The van der Waals surface area contributed by atoms with Gasteiger partial charge >= 0.3 is 0 Å². The van der Waals surface area contributed by atoms with Crippen molar-refractivity contribution < 1.29 is 0 Å². The van der Waals surface area contributed by atoms with Crippen LogP contribution >= 0.6 is 11.3 Å². The third-order valence-electron chi connectivity index (χ3n) is 5.06. The van der Waals surface area contributed by atoms with E-state index < -0.39 is 0 Å². The zero-order valence-electron chi connectivity index (χ0n) is 12.3. The van der Waals surface area contributed by atoms with Gasteiger partial charge in [-0.2, -0.15) is 0 Å². The van der Waals surface area contributed by atoms with Crippen LogP contribution < -0.4 is 5.32 Å². The van der Waals surface area contributed by atoms with Crippen molar-refractivity contribution in [1.29, 1.82) is 0 Å². The van der Waals surface area contributed by atoms with E-state index in [0.717, 1.165) is 11.7 Å². The molecular weight excluding hydrogens is 278 g/mol. The number of hydrogen-bond acceptors (Lipinski definition) is 4. The second-order valence-corrected chi connectivity index (χ2v) is 7.14. The molecule has 2 aromatic rings. The average molecular weight is 299 g/mol. The van der Waals surface area contributed by atoms with E-state index in [9.17, 15) is 0 Å². The van der Waals surface area contributed by atoms with E-state index in [0.29, 0.717) is 12.1 Å². The van der Waals surface area contributed by atoms with E-state index in [1.165, 1.54) is 36.4 Å². The van der Waals surface area contributed by atoms with Crippen LogP contribution in [0.1, 0.15) is 19.8 Å². The first-order valence-electron chi connectivity index (χ1n) is 7.82. The Morgan fingerprint density at radius 3 is 2.71 bits per heavy atom. The number of piperidine rings is 3. The lowest BCUT2D eigenvalue weighted by atomic mass is 9.79. The fraction of sp³-hybridized carbons (Fsp3) is 0.471. The van der Waals surface area contributed by atoms with Gasteiger partial charge in [0.1, 0.15) is 5.82 Å². The van der Waals surface area contributed by atoms with Crippen LogP contribution in [0.4, 0.5) is 5.82 Å². The maximum atomic E-state index is 4.62. The first kappa shape index (κ1) is 13.3. The van der Waals surface area contributed by atoms with Crippen LogP contribution in [0.3, 0.4) is 0 Å². The van der Waals surface area contributed by atoms with Crippen LogP contribution in [-0.2, 0) is 0 Å². The number of hydrogen-bond donors (Lipinski definition) is 1. The summed E-state index contributed by atoms with van der Waals surface area (Å²) in [7, 11) is 0. The molecule has 0 spiro atoms. The van der Waals surface area contributed by atoms with Gasteiger partial charge in [-0.1, -0.05) is 6.07 Å². The number of thiophene rings is 1. The Balaban J connectivity index is 1.50. The standard InChI is InChI=1S/C17H21N3S/c1-12-17(13-6-8-20(12)9-7-13)19-16-5-4-14(11-18-16)15-3-2-10-21-15/h2-5,10-13,17H,6-9H2,1H3,(H,18,19)/t12-,17-/m1/s1. The molecule has 0 unspecified atom stereocenters. The van der Waals surface area contributed by atoms with Crippen LogP contribution in [0.2, 0.25) is 0 Å². The van der Waals surface area contributed by atoms with Gasteiger partial charge in [-0.15, -0.1) is 11.3 Å². The monoisotopic (exact) mass is 299 g/mol. The lowest BCUT2D eigenvalue weighted by Gasteiger charge is -2.50. The summed E-state index contributed by atoms with van der Waals surface area (Å²) < 4.78 is 0. The maximum Gasteiger partial charge on any atom is 0.126 e. The zero-order chi connectivity index (χ0) is 14.2. The second-order valence-electron chi connectivity index (χ2n) is 6.19. The molecule has 2 aromatic heterocycles. The second kappa shape index (κ2) is 5.43. The zero-order valence-corrected chi connectivity index (χ0v) is 13.1. The minimum absolute atomic E-state index is 0.549. The minimum Gasteiger partial charge on any atom is -0.365 e. The number of nitrogens with one attached hydrogen (secondary N) is 1. The van der Waals surface area contributed by atoms with Crippen molar-refractivity contribution in [2.24, 2.45) is 5.92 Å². The Morgan fingerprint density at radius 2 is 2.10 bits per heavy atom. The third-order valence-corrected chi connectivity index (χ3v) is 5.98. The highest BCUT2D eigenvalue weighted by atomic mass is 32.1. The van der Waals surface area contributed by atoms with Gasteiger partial charge in [0.2, 0.25) is 0 Å². The molecule has 3 aliphatic heterocycles. The fourth-order valence-electron chi connectivity index (χ4n) is 3.78. The molecule has 3 aliphatic rings. The molecule has 21 heavy (non-hydrogen) atoms. The maximum absolute atomic E-state index is 4.62. The number of aromatic nitrogens is 1. The predicted octanol–water partition coefficient (Wildman–Crippen LogP) is 3.70. The lowest BCUT2D eigenvalue weighted by molar-refractivity contribution is 0.0457. The summed E-state index contributed by atoms with van der Waals surface area (Å²) in [4.78, 5) is 8.52. The summed E-state index contributed by atoms with van der Waals surface area (Å²) >= 11 is 1.76. The van der Waals surface area contributed by atoms with Crippen LogP contribution in [0.5, 0.6) is 0 Å². The molecule has 0 aliphatic carbocycles. The third kappa shape index (κ3) is 2.47. The Labute approximate surface area is 130 Å². The van der Waals surface area contributed by atoms with E-state index in [2.05, 4.69) is 51.8 Å². The normalized spacial score (nSPS) is 31.3. The van der Waals surface area contributed by atoms with Crippen LogP contribution in [0, 0.1) is 5.92 Å². The van der Waals surface area contributed by atoms with Crippen LogP contribution in [-0.4, -0.2) is 35.1 Å². The van der Waals surface area contributed by atoms with Gasteiger partial charge in [0, 0.05) is 28.7 Å². The van der Waals surface area contributed by atoms with E-state index in [1.54, 1.807) is 11.3 Å². The van der Waals surface area contributed by atoms with Crippen molar-refractivity contribution in [3.05, 3.63) is 35.8 Å². The molecule has 0 radical (unpaired) electrons. The molecule has 0 saturated carbocycles. The highest BCUT2D eigenvalue weighted by Gasteiger charge is 2.39. The van der Waals surface area contributed by atoms with Gasteiger partial charge in [0.05, 0.1) is 0 Å². The van der Waals surface area contributed by atoms with Crippen molar-refractivity contribution in [2.45, 2.75) is 31.8 Å². The van der Waals surface area contributed by atoms with E-state index in [1.807, 2.05) is 6.20 Å². The van der Waals surface area contributed by atoms with Crippen LogP contribution in [0.15, 0.2) is 35.8 Å². The largest absolute Gasteiger partial charge is 0.365 e. The summed E-state index contributed by atoms with van der Waals surface area (Å²) in [6.45, 7) is 4.90. The van der Waals surface area contributed by atoms with E-state index >= 15 is 0 Å². The lowest BCUT2D eigenvalue weighted by Crippen LogP contribution is -2.59. The molecule has 0 amide bonds. The quantitative estimate of drug-likeness (QED) is 0.936. The van der Waals surface area contributed by atoms with Gasteiger partial charge in [0.15, 0.2) is 0 Å². The molecule has 5 rings (SSSR count). The van der Waals surface area contributed by atoms with Crippen LogP contribution in [0.25, 0.3) is 10.4 Å². The minimum atomic E-state index is 0.549. The topological polar surface area (TPSA) is 28.2 Å². The molecule has 3 fully saturated rings. The molecule has 3 nitrogen and oxygen atoms in total. The number of rotatable bonds is 3. The molecule has 2 atom stereocenters. The van der Waals surface area contributed by atoms with Crippen molar-refractivity contribution in [3.63, 3.8) is 0 Å². The summed E-state index contributed by atoms with van der Waals surface area (Å²) in [5.74, 6) is 1.82. The number of pyridine rings is 1. The first-order valence-corrected chi connectivity index (χ1v) is 8.70. The predicted molar refractivity (Wildman–Crippen MR) is 88.7 cm³/mol.